The summed E-state index contributed by atoms with van der Waals surface area (Å²) >= 11 is 12.5. The highest BCUT2D eigenvalue weighted by Crippen LogP contribution is 2.48. The number of hydrogen-bond donors (Lipinski definition) is 3. The number of aliphatic hydroxyl groups excluding tert-OH is 1. The van der Waals surface area contributed by atoms with Crippen molar-refractivity contribution in [2.75, 3.05) is 19.0 Å². The monoisotopic (exact) mass is 633 g/mol. The van der Waals surface area contributed by atoms with Crippen LogP contribution in [0.5, 0.6) is 0 Å². The second kappa shape index (κ2) is 13.7. The first kappa shape index (κ1) is 34.0. The van der Waals surface area contributed by atoms with E-state index in [2.05, 4.69) is 5.09 Å². The first-order valence-corrected chi connectivity index (χ1v) is 15.9. The van der Waals surface area contributed by atoms with Crippen LogP contribution < -0.4 is 16.3 Å². The maximum absolute atomic E-state index is 15.3. The molecule has 1 aliphatic heterocycles. The van der Waals surface area contributed by atoms with E-state index in [1.54, 1.807) is 34.6 Å². The quantitative estimate of drug-likeness (QED) is 0.134. The predicted molar refractivity (Wildman–Crippen MR) is 148 cm³/mol. The lowest BCUT2D eigenvalue weighted by molar-refractivity contribution is -0.149. The molecule has 12 nitrogen and oxygen atoms in total. The third-order valence-electron chi connectivity index (χ3n) is 5.14. The maximum atomic E-state index is 15.3. The Bertz CT molecular complexity index is 1190. The van der Waals surface area contributed by atoms with E-state index in [9.17, 15) is 24.3 Å². The zero-order valence-corrected chi connectivity index (χ0v) is 25.6. The highest BCUT2D eigenvalue weighted by molar-refractivity contribution is 8.13. The van der Waals surface area contributed by atoms with Crippen molar-refractivity contribution in [2.24, 2.45) is 5.41 Å². The normalized spacial score (nSPS) is 25.8. The van der Waals surface area contributed by atoms with Crippen molar-refractivity contribution in [3.8, 4) is 0 Å². The number of H-pyrrole nitrogens is 1. The summed E-state index contributed by atoms with van der Waals surface area (Å²) in [5.41, 5.74) is -2.28. The topological polar surface area (TPSA) is 158 Å². The summed E-state index contributed by atoms with van der Waals surface area (Å²) in [6, 6.07) is 0.00297. The van der Waals surface area contributed by atoms with Gasteiger partial charge in [-0.3, -0.25) is 23.9 Å². The van der Waals surface area contributed by atoms with Gasteiger partial charge in [-0.25, -0.2) is 14.3 Å². The molecule has 3 N–H and O–H groups in total. The van der Waals surface area contributed by atoms with Crippen LogP contribution in [-0.4, -0.2) is 74.2 Å². The maximum Gasteiger partial charge on any atom is 0.330 e. The predicted octanol–water partition coefficient (Wildman–Crippen LogP) is 2.19. The number of aliphatic hydroxyl groups is 1. The van der Waals surface area contributed by atoms with Crippen molar-refractivity contribution in [1.29, 1.82) is 0 Å². The first-order valence-electron chi connectivity index (χ1n) is 11.9. The van der Waals surface area contributed by atoms with Gasteiger partial charge in [-0.15, -0.1) is 0 Å². The molecule has 1 aliphatic rings. The van der Waals surface area contributed by atoms with Gasteiger partial charge in [0.25, 0.3) is 17.3 Å². The molecule has 0 spiro atoms. The molecule has 0 radical (unpaired) electrons. The molecule has 1 aromatic heterocycles. The van der Waals surface area contributed by atoms with E-state index in [1.165, 1.54) is 6.92 Å². The van der Waals surface area contributed by atoms with Crippen LogP contribution in [0, 0.1) is 5.41 Å². The largest absolute Gasteiger partial charge is 0.462 e. The minimum absolute atomic E-state index is 0.0330. The van der Waals surface area contributed by atoms with Crippen LogP contribution >= 0.6 is 30.0 Å². The third-order valence-corrected chi connectivity index (χ3v) is 9.46. The lowest BCUT2D eigenvalue weighted by Gasteiger charge is -2.28. The Hall–Kier alpha value is -1.16. The molecule has 1 fully saturated rings. The summed E-state index contributed by atoms with van der Waals surface area (Å²) in [6.07, 6.45) is -4.61. The lowest BCUT2D eigenvalue weighted by atomic mass is 10.00. The molecule has 39 heavy (non-hydrogen) atoms. The molecule has 1 aromatic rings. The Morgan fingerprint density at radius 1 is 1.36 bits per heavy atom. The molecule has 0 aliphatic carbocycles. The Balaban J connectivity index is 2.16. The molecule has 1 unspecified atom stereocenters. The first-order chi connectivity index (χ1) is 17.9. The number of carbonyl (C=O) groups excluding carboxylic acids is 2. The molecular formula is C22H34ClFN3O9PS2. The van der Waals surface area contributed by atoms with Crippen LogP contribution in [0.4, 0.5) is 4.39 Å². The van der Waals surface area contributed by atoms with Gasteiger partial charge in [-0.1, -0.05) is 44.1 Å². The molecule has 17 heteroatoms. The van der Waals surface area contributed by atoms with E-state index in [1.807, 2.05) is 4.98 Å². The molecule has 6 atom stereocenters. The summed E-state index contributed by atoms with van der Waals surface area (Å²) in [5, 5.41) is 10.3. The van der Waals surface area contributed by atoms with E-state index < -0.39 is 71.6 Å². The zero-order chi connectivity index (χ0) is 29.8. The minimum Gasteiger partial charge on any atom is -0.462 e. The van der Waals surface area contributed by atoms with Crippen molar-refractivity contribution in [3.63, 3.8) is 0 Å². The van der Waals surface area contributed by atoms with Crippen LogP contribution in [0.25, 0.3) is 0 Å². The fourth-order valence-electron chi connectivity index (χ4n) is 3.13. The molecular weight excluding hydrogens is 600 g/mol. The third kappa shape index (κ3) is 9.44. The van der Waals surface area contributed by atoms with Crippen LogP contribution in [0.2, 0.25) is 0 Å². The van der Waals surface area contributed by atoms with E-state index in [0.717, 1.165) is 24.0 Å². The Morgan fingerprint density at radius 3 is 2.56 bits per heavy atom. The Kier molecular flexibility index (Phi) is 11.9. The summed E-state index contributed by atoms with van der Waals surface area (Å²) in [6.45, 7) is 6.09. The van der Waals surface area contributed by atoms with Gasteiger partial charge in [0.05, 0.1) is 19.3 Å². The number of ether oxygens (including phenoxy) is 2. The summed E-state index contributed by atoms with van der Waals surface area (Å²) in [7, 11) is 0. The Morgan fingerprint density at radius 2 is 2.00 bits per heavy atom. The van der Waals surface area contributed by atoms with Gasteiger partial charge < -0.3 is 23.6 Å². The van der Waals surface area contributed by atoms with Gasteiger partial charge in [-0.2, -0.15) is 0 Å². The minimum atomic E-state index is -3.52. The molecule has 1 saturated heterocycles. The highest BCUT2D eigenvalue weighted by atomic mass is 35.5. The number of nitrogens with one attached hydrogen (secondary N) is 2. The number of nitrogens with zero attached hydrogens (tertiary/aromatic N) is 1. The van der Waals surface area contributed by atoms with E-state index in [-0.39, 0.29) is 17.5 Å². The van der Waals surface area contributed by atoms with E-state index in [0.29, 0.717) is 4.57 Å². The fraction of sp³-hybridized carbons (Fsp3) is 0.727. The SMILES string of the molecule is CC(C)OC(=O)[C@H](C)NP(=S)(OCCSC(=O)C(C)(C)C)OC[C@H]1O[C@@H](n2ccc(=O)[nH]c2=O)[C@](F)(Cl)[C@@H]1O. The van der Waals surface area contributed by atoms with Crippen molar-refractivity contribution in [3.05, 3.63) is 33.1 Å². The van der Waals surface area contributed by atoms with Gasteiger partial charge in [0.15, 0.2) is 11.3 Å². The van der Waals surface area contributed by atoms with Gasteiger partial charge >= 0.3 is 11.7 Å². The number of carbonyl (C=O) groups is 2. The van der Waals surface area contributed by atoms with E-state index >= 15 is 4.39 Å². The van der Waals surface area contributed by atoms with Crippen molar-refractivity contribution >= 4 is 52.9 Å². The Labute approximate surface area is 239 Å². The van der Waals surface area contributed by atoms with Crippen LogP contribution in [0.1, 0.15) is 47.8 Å². The summed E-state index contributed by atoms with van der Waals surface area (Å²) < 4.78 is 38.2. The molecule has 222 valence electrons. The van der Waals surface area contributed by atoms with Gasteiger partial charge in [0.1, 0.15) is 18.2 Å². The van der Waals surface area contributed by atoms with Crippen molar-refractivity contribution < 1.29 is 37.6 Å². The molecule has 0 aromatic carbocycles. The number of rotatable bonds is 12. The van der Waals surface area contributed by atoms with Gasteiger partial charge in [-0.05, 0) is 32.6 Å². The molecule has 0 bridgehead atoms. The number of halogens is 2. The van der Waals surface area contributed by atoms with Crippen molar-refractivity contribution in [1.82, 2.24) is 14.6 Å². The highest BCUT2D eigenvalue weighted by Gasteiger charge is 2.58. The standard InChI is InChI=1S/C22H34ClFN3O9PS2/c1-12(2)35-17(30)13(3)26-37(38,33-9-10-39-19(31)21(4,5)6)34-11-14-16(29)22(23,24)18(36-14)27-8-7-15(28)25-20(27)32/h7-8,12-14,16,18,29H,9-11H2,1-6H3,(H,26,38)(H,25,28,32)/t13-,14+,16+,18+,22-,37?/m0/s1. The number of esters is 1. The average molecular weight is 634 g/mol. The second-order valence-corrected chi connectivity index (χ2v) is 14.9. The zero-order valence-electron chi connectivity index (χ0n) is 22.3. The molecule has 2 heterocycles. The fourth-order valence-corrected chi connectivity index (χ4v) is 6.70. The van der Waals surface area contributed by atoms with Crippen molar-refractivity contribution in [2.45, 2.75) is 77.3 Å². The number of aromatic amines is 1. The lowest BCUT2D eigenvalue weighted by Crippen LogP contribution is -2.42. The van der Waals surface area contributed by atoms with E-state index in [4.69, 9.17) is 41.9 Å². The summed E-state index contributed by atoms with van der Waals surface area (Å²) in [5.74, 6) is -0.388. The molecule has 0 amide bonds. The number of aromatic nitrogens is 2. The number of hydrogen-bond acceptors (Lipinski definition) is 11. The van der Waals surface area contributed by atoms with Crippen LogP contribution in [0.3, 0.4) is 0 Å². The average Bonchev–Trinajstić information content (AvgIpc) is 3.03. The molecule has 0 saturated carbocycles. The smallest absolute Gasteiger partial charge is 0.330 e. The summed E-state index contributed by atoms with van der Waals surface area (Å²) in [4.78, 5) is 50.0. The molecule has 2 rings (SSSR count). The van der Waals surface area contributed by atoms with Gasteiger partial charge in [0.2, 0.25) is 0 Å². The second-order valence-electron chi connectivity index (χ2n) is 10.0. The van der Waals surface area contributed by atoms with Gasteiger partial charge in [0, 0.05) is 23.4 Å². The number of alkyl halides is 2. The van der Waals surface area contributed by atoms with Crippen LogP contribution in [0.15, 0.2) is 21.9 Å². The number of thioether (sulfide) groups is 1. The van der Waals surface area contributed by atoms with Crippen LogP contribution in [-0.2, 0) is 39.9 Å².